The number of amides is 1. The van der Waals surface area contributed by atoms with Crippen LogP contribution in [0, 0.1) is 0 Å². The average molecular weight is 377 g/mol. The van der Waals surface area contributed by atoms with Crippen LogP contribution in [0.25, 0.3) is 0 Å². The number of hydrogen-bond donors (Lipinski definition) is 1. The monoisotopic (exact) mass is 376 g/mol. The third kappa shape index (κ3) is 13.3. The number of carbonyl (C=O) groups excluding carboxylic acids is 1. The molecule has 0 aliphatic heterocycles. The van der Waals surface area contributed by atoms with Crippen LogP contribution in [0.3, 0.4) is 0 Å². The van der Waals surface area contributed by atoms with E-state index in [0.29, 0.717) is 6.54 Å². The van der Waals surface area contributed by atoms with Crippen LogP contribution in [0.2, 0.25) is 0 Å². The van der Waals surface area contributed by atoms with Gasteiger partial charge in [-0.1, -0.05) is 71.3 Å². The topological polar surface area (TPSA) is 51.2 Å². The molecule has 27 heavy (non-hydrogen) atoms. The number of ether oxygens (including phenoxy) is 1. The van der Waals surface area contributed by atoms with Gasteiger partial charge in [-0.2, -0.15) is 0 Å². The molecule has 1 aromatic heterocycles. The molecule has 1 aromatic rings. The summed E-state index contributed by atoms with van der Waals surface area (Å²) < 4.78 is 5.71. The van der Waals surface area contributed by atoms with Crippen LogP contribution in [-0.2, 0) is 11.2 Å². The molecule has 0 aromatic carbocycles. The Morgan fingerprint density at radius 2 is 1.59 bits per heavy atom. The van der Waals surface area contributed by atoms with Crippen LogP contribution >= 0.6 is 0 Å². The van der Waals surface area contributed by atoms with Gasteiger partial charge in [-0.3, -0.25) is 4.98 Å². The number of unbranched alkanes of at least 4 members (excludes halogenated alkanes) is 8. The van der Waals surface area contributed by atoms with Gasteiger partial charge in [0, 0.05) is 24.9 Å². The molecule has 1 unspecified atom stereocenters. The third-order valence-electron chi connectivity index (χ3n) is 4.91. The van der Waals surface area contributed by atoms with Crippen molar-refractivity contribution < 1.29 is 9.53 Å². The van der Waals surface area contributed by atoms with E-state index in [1.807, 2.05) is 18.2 Å². The quantitative estimate of drug-likeness (QED) is 0.338. The lowest BCUT2D eigenvalue weighted by Gasteiger charge is -2.18. The first-order valence-electron chi connectivity index (χ1n) is 11.1. The van der Waals surface area contributed by atoms with Gasteiger partial charge >= 0.3 is 6.09 Å². The molecule has 1 atom stereocenters. The Balaban J connectivity index is 2.22. The van der Waals surface area contributed by atoms with Crippen LogP contribution in [0.4, 0.5) is 4.79 Å². The fourth-order valence-electron chi connectivity index (χ4n) is 3.24. The lowest BCUT2D eigenvalue weighted by molar-refractivity contribution is 0.0843. The summed E-state index contributed by atoms with van der Waals surface area (Å²) in [5.74, 6) is 0. The zero-order chi connectivity index (χ0) is 19.6. The van der Waals surface area contributed by atoms with Gasteiger partial charge in [-0.05, 0) is 37.8 Å². The molecule has 0 fully saturated rings. The zero-order valence-corrected chi connectivity index (χ0v) is 17.5. The van der Waals surface area contributed by atoms with E-state index in [-0.39, 0.29) is 12.2 Å². The molecule has 0 saturated carbocycles. The van der Waals surface area contributed by atoms with Crippen LogP contribution in [0.1, 0.15) is 96.6 Å². The summed E-state index contributed by atoms with van der Waals surface area (Å²) in [5.41, 5.74) is 0.986. The van der Waals surface area contributed by atoms with Crippen molar-refractivity contribution in [1.29, 1.82) is 0 Å². The molecule has 4 heteroatoms. The van der Waals surface area contributed by atoms with Crippen molar-refractivity contribution in [3.8, 4) is 0 Å². The highest BCUT2D eigenvalue weighted by Gasteiger charge is 2.14. The Kier molecular flexibility index (Phi) is 14.4. The van der Waals surface area contributed by atoms with E-state index in [1.54, 1.807) is 6.20 Å². The first-order valence-corrected chi connectivity index (χ1v) is 11.1. The maximum atomic E-state index is 12.1. The Bertz CT molecular complexity index is 465. The fourth-order valence-corrected chi connectivity index (χ4v) is 3.24. The predicted molar refractivity (Wildman–Crippen MR) is 113 cm³/mol. The minimum absolute atomic E-state index is 0.0574. The highest BCUT2D eigenvalue weighted by Crippen LogP contribution is 2.16. The van der Waals surface area contributed by atoms with Crippen molar-refractivity contribution in [2.24, 2.45) is 0 Å². The van der Waals surface area contributed by atoms with Gasteiger partial charge in [0.15, 0.2) is 0 Å². The third-order valence-corrected chi connectivity index (χ3v) is 4.91. The second-order valence-electron chi connectivity index (χ2n) is 7.43. The summed E-state index contributed by atoms with van der Waals surface area (Å²) in [6.45, 7) is 5.02. The molecule has 0 bridgehead atoms. The fraction of sp³-hybridized carbons (Fsp3) is 0.739. The van der Waals surface area contributed by atoms with Gasteiger partial charge in [0.2, 0.25) is 0 Å². The Hall–Kier alpha value is -1.58. The van der Waals surface area contributed by atoms with E-state index in [4.69, 9.17) is 4.74 Å². The van der Waals surface area contributed by atoms with Gasteiger partial charge < -0.3 is 10.1 Å². The molecule has 4 nitrogen and oxygen atoms in total. The van der Waals surface area contributed by atoms with E-state index in [9.17, 15) is 4.79 Å². The molecule has 0 aliphatic rings. The Morgan fingerprint density at radius 3 is 2.26 bits per heavy atom. The van der Waals surface area contributed by atoms with Crippen molar-refractivity contribution in [1.82, 2.24) is 10.3 Å². The molecule has 1 heterocycles. The van der Waals surface area contributed by atoms with E-state index >= 15 is 0 Å². The normalized spacial score (nSPS) is 11.9. The summed E-state index contributed by atoms with van der Waals surface area (Å²) >= 11 is 0. The largest absolute Gasteiger partial charge is 0.446 e. The molecular weight excluding hydrogens is 336 g/mol. The number of aromatic nitrogens is 1. The second kappa shape index (κ2) is 16.6. The van der Waals surface area contributed by atoms with E-state index < -0.39 is 0 Å². The van der Waals surface area contributed by atoms with Crippen molar-refractivity contribution in [2.75, 3.05) is 6.54 Å². The number of carbonyl (C=O) groups is 1. The Labute approximate surface area is 166 Å². The van der Waals surface area contributed by atoms with Crippen molar-refractivity contribution in [2.45, 2.75) is 103 Å². The highest BCUT2D eigenvalue weighted by molar-refractivity contribution is 5.67. The molecular formula is C23H40N2O2. The average Bonchev–Trinajstić information content (AvgIpc) is 2.68. The lowest BCUT2D eigenvalue weighted by atomic mass is 10.0. The van der Waals surface area contributed by atoms with Crippen LogP contribution in [0.5, 0.6) is 0 Å². The first kappa shape index (κ1) is 23.5. The van der Waals surface area contributed by atoms with Gasteiger partial charge in [0.1, 0.15) is 6.10 Å². The number of alkyl carbamates (subject to hydrolysis) is 1. The highest BCUT2D eigenvalue weighted by atomic mass is 16.6. The van der Waals surface area contributed by atoms with Gasteiger partial charge in [-0.25, -0.2) is 4.79 Å². The van der Waals surface area contributed by atoms with Crippen LogP contribution in [0.15, 0.2) is 24.4 Å². The first-order chi connectivity index (χ1) is 13.3. The number of hydrogen-bond acceptors (Lipinski definition) is 3. The van der Waals surface area contributed by atoms with Gasteiger partial charge in [0.05, 0.1) is 0 Å². The van der Waals surface area contributed by atoms with E-state index in [1.165, 1.54) is 51.4 Å². The van der Waals surface area contributed by atoms with E-state index in [0.717, 1.165) is 37.8 Å². The second-order valence-corrected chi connectivity index (χ2v) is 7.43. The van der Waals surface area contributed by atoms with Crippen molar-refractivity contribution in [3.05, 3.63) is 30.1 Å². The number of pyridine rings is 1. The molecule has 0 saturated heterocycles. The molecule has 154 valence electrons. The maximum absolute atomic E-state index is 12.1. The SMILES string of the molecule is CCCCCCCCCC(CCCCC)OC(=O)NCCc1ccccn1. The summed E-state index contributed by atoms with van der Waals surface area (Å²) in [5, 5.41) is 2.88. The molecule has 0 radical (unpaired) electrons. The van der Waals surface area contributed by atoms with E-state index in [2.05, 4.69) is 24.1 Å². The zero-order valence-electron chi connectivity index (χ0n) is 17.5. The smallest absolute Gasteiger partial charge is 0.407 e. The molecule has 1 rings (SSSR count). The molecule has 0 spiro atoms. The summed E-state index contributed by atoms with van der Waals surface area (Å²) in [7, 11) is 0. The van der Waals surface area contributed by atoms with Gasteiger partial charge in [-0.15, -0.1) is 0 Å². The van der Waals surface area contributed by atoms with Crippen molar-refractivity contribution >= 4 is 6.09 Å². The predicted octanol–water partition coefficient (Wildman–Crippen LogP) is 6.44. The van der Waals surface area contributed by atoms with Gasteiger partial charge in [0.25, 0.3) is 0 Å². The maximum Gasteiger partial charge on any atom is 0.407 e. The molecule has 1 N–H and O–H groups in total. The number of nitrogens with zero attached hydrogens (tertiary/aromatic N) is 1. The number of nitrogens with one attached hydrogen (secondary N) is 1. The summed E-state index contributed by atoms with van der Waals surface area (Å²) in [6.07, 6.45) is 16.8. The molecule has 1 amide bonds. The minimum atomic E-state index is -0.282. The van der Waals surface area contributed by atoms with Crippen LogP contribution in [-0.4, -0.2) is 23.7 Å². The molecule has 0 aliphatic carbocycles. The minimum Gasteiger partial charge on any atom is -0.446 e. The lowest BCUT2D eigenvalue weighted by Crippen LogP contribution is -2.30. The number of rotatable bonds is 16. The standard InChI is InChI=1S/C23H40N2O2/c1-3-5-7-8-9-10-12-17-22(16-11-6-4-2)27-23(26)25-20-18-21-15-13-14-19-24-21/h13-15,19,22H,3-12,16-18,20H2,1-2H3,(H,25,26). The summed E-state index contributed by atoms with van der Waals surface area (Å²) in [6, 6.07) is 5.84. The summed E-state index contributed by atoms with van der Waals surface area (Å²) in [4.78, 5) is 16.4. The van der Waals surface area contributed by atoms with Crippen molar-refractivity contribution in [3.63, 3.8) is 0 Å². The Morgan fingerprint density at radius 1 is 0.963 bits per heavy atom. The van der Waals surface area contributed by atoms with Crippen LogP contribution < -0.4 is 5.32 Å².